The monoisotopic (exact) mass is 293 g/mol. The van der Waals surface area contributed by atoms with Crippen molar-refractivity contribution in [2.24, 2.45) is 0 Å². The van der Waals surface area contributed by atoms with Gasteiger partial charge in [-0.25, -0.2) is 0 Å². The van der Waals surface area contributed by atoms with Crippen molar-refractivity contribution < 1.29 is 19.4 Å². The Morgan fingerprint density at radius 1 is 1.19 bits per heavy atom. The van der Waals surface area contributed by atoms with Crippen molar-refractivity contribution in [3.05, 3.63) is 29.3 Å². The lowest BCUT2D eigenvalue weighted by molar-refractivity contribution is -0.138. The molecule has 5 nitrogen and oxygen atoms in total. The van der Waals surface area contributed by atoms with Crippen molar-refractivity contribution >= 4 is 11.9 Å². The lowest BCUT2D eigenvalue weighted by atomic mass is 10.1. The quantitative estimate of drug-likeness (QED) is 0.799. The standard InChI is InChI=1S/C16H23NO4/c1-12-6-7-14(11-13(12)2)21-10-8-15(18)17(3)9-4-5-16(19)20/h6-7,11H,4-5,8-10H2,1-3H3,(H,19,20). The van der Waals surface area contributed by atoms with E-state index in [1.165, 1.54) is 5.56 Å². The summed E-state index contributed by atoms with van der Waals surface area (Å²) >= 11 is 0. The molecule has 0 spiro atoms. The Bertz CT molecular complexity index is 499. The molecule has 0 aliphatic rings. The van der Waals surface area contributed by atoms with Crippen LogP contribution in [0.5, 0.6) is 5.75 Å². The molecule has 0 saturated carbocycles. The van der Waals surface area contributed by atoms with E-state index >= 15 is 0 Å². The number of aryl methyl sites for hydroxylation is 2. The zero-order chi connectivity index (χ0) is 15.8. The number of nitrogens with zero attached hydrogens (tertiary/aromatic N) is 1. The van der Waals surface area contributed by atoms with Gasteiger partial charge in [0.15, 0.2) is 0 Å². The zero-order valence-electron chi connectivity index (χ0n) is 12.9. The number of carboxylic acid groups (broad SMARTS) is 1. The Hall–Kier alpha value is -2.04. The maximum atomic E-state index is 11.8. The lowest BCUT2D eigenvalue weighted by Crippen LogP contribution is -2.29. The second-order valence-corrected chi connectivity index (χ2v) is 5.16. The number of hydrogen-bond donors (Lipinski definition) is 1. The van der Waals surface area contributed by atoms with Crippen LogP contribution in [0.1, 0.15) is 30.4 Å². The molecule has 0 aliphatic carbocycles. The molecule has 0 fully saturated rings. The molecule has 0 saturated heterocycles. The SMILES string of the molecule is Cc1ccc(OCCC(=O)N(C)CCCC(=O)O)cc1C. The van der Waals surface area contributed by atoms with Gasteiger partial charge in [-0.1, -0.05) is 6.07 Å². The van der Waals surface area contributed by atoms with Gasteiger partial charge >= 0.3 is 5.97 Å². The maximum absolute atomic E-state index is 11.8. The van der Waals surface area contributed by atoms with Crippen molar-refractivity contribution in [1.82, 2.24) is 4.90 Å². The summed E-state index contributed by atoms with van der Waals surface area (Å²) in [6, 6.07) is 5.84. The minimum Gasteiger partial charge on any atom is -0.493 e. The molecule has 5 heteroatoms. The molecule has 0 heterocycles. The summed E-state index contributed by atoms with van der Waals surface area (Å²) in [4.78, 5) is 23.8. The fourth-order valence-corrected chi connectivity index (χ4v) is 1.84. The Kier molecular flexibility index (Phi) is 6.72. The third kappa shape index (κ3) is 6.29. The molecule has 0 aliphatic heterocycles. The fraction of sp³-hybridized carbons (Fsp3) is 0.500. The smallest absolute Gasteiger partial charge is 0.303 e. The molecule has 1 amide bonds. The zero-order valence-corrected chi connectivity index (χ0v) is 12.9. The highest BCUT2D eigenvalue weighted by molar-refractivity contribution is 5.76. The topological polar surface area (TPSA) is 66.8 Å². The van der Waals surface area contributed by atoms with Crippen molar-refractivity contribution in [1.29, 1.82) is 0 Å². The Balaban J connectivity index is 2.29. The summed E-state index contributed by atoms with van der Waals surface area (Å²) in [6.45, 7) is 4.83. The first kappa shape index (κ1) is 17.0. The molecule has 1 aromatic carbocycles. The number of rotatable bonds is 8. The molecule has 0 bridgehead atoms. The van der Waals surface area contributed by atoms with Crippen LogP contribution in [0, 0.1) is 13.8 Å². The van der Waals surface area contributed by atoms with E-state index in [0.29, 0.717) is 19.6 Å². The van der Waals surface area contributed by atoms with Crippen molar-refractivity contribution in [3.8, 4) is 5.75 Å². The summed E-state index contributed by atoms with van der Waals surface area (Å²) in [5, 5.41) is 8.55. The van der Waals surface area contributed by atoms with Crippen LogP contribution < -0.4 is 4.74 Å². The van der Waals surface area contributed by atoms with Gasteiger partial charge in [0.1, 0.15) is 5.75 Å². The van der Waals surface area contributed by atoms with Crippen LogP contribution in [-0.2, 0) is 9.59 Å². The first-order chi connectivity index (χ1) is 9.90. The van der Waals surface area contributed by atoms with Gasteiger partial charge in [0.25, 0.3) is 0 Å². The van der Waals surface area contributed by atoms with Gasteiger partial charge in [-0.15, -0.1) is 0 Å². The Morgan fingerprint density at radius 2 is 1.90 bits per heavy atom. The number of ether oxygens (including phenoxy) is 1. The molecule has 116 valence electrons. The van der Waals surface area contributed by atoms with Crippen molar-refractivity contribution in [2.75, 3.05) is 20.2 Å². The molecule has 0 atom stereocenters. The number of benzene rings is 1. The Labute approximate surface area is 125 Å². The maximum Gasteiger partial charge on any atom is 0.303 e. The molecule has 1 rings (SSSR count). The molecule has 0 aromatic heterocycles. The van der Waals surface area contributed by atoms with Gasteiger partial charge in [-0.3, -0.25) is 9.59 Å². The van der Waals surface area contributed by atoms with Gasteiger partial charge in [0, 0.05) is 20.0 Å². The summed E-state index contributed by atoms with van der Waals surface area (Å²) in [5.41, 5.74) is 2.36. The first-order valence-electron chi connectivity index (χ1n) is 7.06. The van der Waals surface area contributed by atoms with Gasteiger partial charge in [-0.05, 0) is 43.5 Å². The van der Waals surface area contributed by atoms with Gasteiger partial charge < -0.3 is 14.7 Å². The number of amides is 1. The average Bonchev–Trinajstić information content (AvgIpc) is 2.42. The molecule has 1 N–H and O–H groups in total. The van der Waals surface area contributed by atoms with E-state index in [0.717, 1.165) is 11.3 Å². The molecule has 1 aromatic rings. The van der Waals surface area contributed by atoms with E-state index in [1.54, 1.807) is 11.9 Å². The summed E-state index contributed by atoms with van der Waals surface area (Å²) < 4.78 is 5.56. The van der Waals surface area contributed by atoms with E-state index in [9.17, 15) is 9.59 Å². The number of aliphatic carboxylic acids is 1. The molecule has 0 unspecified atom stereocenters. The highest BCUT2D eigenvalue weighted by atomic mass is 16.5. The first-order valence-corrected chi connectivity index (χ1v) is 7.06. The van der Waals surface area contributed by atoms with Crippen LogP contribution in [0.4, 0.5) is 0 Å². The highest BCUT2D eigenvalue weighted by Gasteiger charge is 2.09. The van der Waals surface area contributed by atoms with Crippen molar-refractivity contribution in [3.63, 3.8) is 0 Å². The van der Waals surface area contributed by atoms with Crippen LogP contribution in [-0.4, -0.2) is 42.1 Å². The van der Waals surface area contributed by atoms with Crippen molar-refractivity contribution in [2.45, 2.75) is 33.1 Å². The van der Waals surface area contributed by atoms with Crippen LogP contribution >= 0.6 is 0 Å². The highest BCUT2D eigenvalue weighted by Crippen LogP contribution is 2.16. The van der Waals surface area contributed by atoms with E-state index in [-0.39, 0.29) is 18.7 Å². The minimum absolute atomic E-state index is 0.0378. The molecular formula is C16H23NO4. The molecule has 0 radical (unpaired) electrons. The van der Waals surface area contributed by atoms with E-state index < -0.39 is 5.97 Å². The van der Waals surface area contributed by atoms with E-state index in [1.807, 2.05) is 32.0 Å². The van der Waals surface area contributed by atoms with Crippen LogP contribution in [0.3, 0.4) is 0 Å². The minimum atomic E-state index is -0.839. The molecular weight excluding hydrogens is 270 g/mol. The largest absolute Gasteiger partial charge is 0.493 e. The number of carbonyl (C=O) groups excluding carboxylic acids is 1. The lowest BCUT2D eigenvalue weighted by Gasteiger charge is -2.17. The number of carbonyl (C=O) groups is 2. The normalized spacial score (nSPS) is 10.2. The number of hydrogen-bond acceptors (Lipinski definition) is 3. The summed E-state index contributed by atoms with van der Waals surface area (Å²) in [7, 11) is 1.68. The fourth-order valence-electron chi connectivity index (χ4n) is 1.84. The summed E-state index contributed by atoms with van der Waals surface area (Å²) in [5.74, 6) is -0.113. The van der Waals surface area contributed by atoms with Crippen LogP contribution in [0.2, 0.25) is 0 Å². The van der Waals surface area contributed by atoms with Gasteiger partial charge in [0.05, 0.1) is 13.0 Å². The van der Waals surface area contributed by atoms with Gasteiger partial charge in [0.2, 0.25) is 5.91 Å². The second-order valence-electron chi connectivity index (χ2n) is 5.16. The third-order valence-corrected chi connectivity index (χ3v) is 3.37. The Morgan fingerprint density at radius 3 is 2.52 bits per heavy atom. The predicted molar refractivity (Wildman–Crippen MR) is 80.5 cm³/mol. The molecule has 21 heavy (non-hydrogen) atoms. The van der Waals surface area contributed by atoms with Crippen LogP contribution in [0.25, 0.3) is 0 Å². The second kappa shape index (κ2) is 8.29. The van der Waals surface area contributed by atoms with Crippen LogP contribution in [0.15, 0.2) is 18.2 Å². The third-order valence-electron chi connectivity index (χ3n) is 3.37. The average molecular weight is 293 g/mol. The van der Waals surface area contributed by atoms with E-state index in [2.05, 4.69) is 0 Å². The number of carboxylic acids is 1. The predicted octanol–water partition coefficient (Wildman–Crippen LogP) is 2.40. The van der Waals surface area contributed by atoms with Gasteiger partial charge in [-0.2, -0.15) is 0 Å². The van der Waals surface area contributed by atoms with E-state index in [4.69, 9.17) is 9.84 Å². The summed E-state index contributed by atoms with van der Waals surface area (Å²) in [6.07, 6.45) is 0.836.